The first kappa shape index (κ1) is 13.8. The summed E-state index contributed by atoms with van der Waals surface area (Å²) in [7, 11) is 1.70. The van der Waals surface area contributed by atoms with Gasteiger partial charge in [-0.1, -0.05) is 6.92 Å². The second-order valence-electron chi connectivity index (χ2n) is 7.04. The van der Waals surface area contributed by atoms with E-state index in [-0.39, 0.29) is 16.7 Å². The lowest BCUT2D eigenvalue weighted by atomic mass is 9.88. The average molecular weight is 304 g/mol. The van der Waals surface area contributed by atoms with Gasteiger partial charge in [-0.15, -0.1) is 0 Å². The van der Waals surface area contributed by atoms with Crippen molar-refractivity contribution in [1.82, 2.24) is 18.9 Å². The Balaban J connectivity index is 1.88. The highest BCUT2D eigenvalue weighted by Crippen LogP contribution is 2.31. The molecule has 0 amide bonds. The highest BCUT2D eigenvalue weighted by atomic mass is 16.5. The number of rotatable bonds is 4. The Morgan fingerprint density at radius 3 is 2.68 bits per heavy atom. The molecule has 1 aliphatic carbocycles. The molecule has 118 valence electrons. The summed E-state index contributed by atoms with van der Waals surface area (Å²) in [5, 5.41) is 4.33. The van der Waals surface area contributed by atoms with Crippen molar-refractivity contribution >= 4 is 11.0 Å². The minimum atomic E-state index is -0.281. The van der Waals surface area contributed by atoms with E-state index in [2.05, 4.69) is 5.10 Å². The number of hydrogen-bond acceptors (Lipinski definition) is 4. The van der Waals surface area contributed by atoms with Crippen molar-refractivity contribution < 1.29 is 4.74 Å². The van der Waals surface area contributed by atoms with Gasteiger partial charge in [0.1, 0.15) is 0 Å². The minimum absolute atomic E-state index is 0.134. The van der Waals surface area contributed by atoms with Gasteiger partial charge in [0, 0.05) is 25.6 Å². The Kier molecular flexibility index (Phi) is 2.84. The van der Waals surface area contributed by atoms with Gasteiger partial charge in [-0.25, -0.2) is 4.79 Å². The second-order valence-corrected chi connectivity index (χ2v) is 7.04. The molecular formula is C15H20N4O3. The van der Waals surface area contributed by atoms with Crippen LogP contribution in [0.2, 0.25) is 0 Å². The molecule has 0 unspecified atom stereocenters. The molecule has 2 fully saturated rings. The number of ether oxygens (including phenoxy) is 1. The van der Waals surface area contributed by atoms with Crippen LogP contribution in [0, 0.1) is 11.3 Å². The second kappa shape index (κ2) is 4.55. The van der Waals surface area contributed by atoms with Crippen LogP contribution in [-0.2, 0) is 24.9 Å². The highest BCUT2D eigenvalue weighted by Gasteiger charge is 2.35. The monoisotopic (exact) mass is 304 g/mol. The number of fused-ring (bicyclic) bond motifs is 1. The van der Waals surface area contributed by atoms with Crippen LogP contribution in [0.5, 0.6) is 0 Å². The van der Waals surface area contributed by atoms with Crippen LogP contribution < -0.4 is 11.2 Å². The van der Waals surface area contributed by atoms with Gasteiger partial charge in [0.25, 0.3) is 5.56 Å². The molecule has 0 radical (unpaired) electrons. The van der Waals surface area contributed by atoms with E-state index < -0.39 is 0 Å². The van der Waals surface area contributed by atoms with Crippen LogP contribution in [0.15, 0.2) is 15.8 Å². The molecular weight excluding hydrogens is 284 g/mol. The van der Waals surface area contributed by atoms with E-state index >= 15 is 0 Å². The maximum absolute atomic E-state index is 12.9. The molecule has 1 aliphatic heterocycles. The molecule has 0 N–H and O–H groups in total. The minimum Gasteiger partial charge on any atom is -0.380 e. The lowest BCUT2D eigenvalue weighted by molar-refractivity contribution is -0.111. The Hall–Kier alpha value is -1.89. The number of aryl methyl sites for hydroxylation is 1. The molecule has 1 saturated carbocycles. The number of hydrogen-bond donors (Lipinski definition) is 0. The summed E-state index contributed by atoms with van der Waals surface area (Å²) in [6.07, 6.45) is 4.01. The van der Waals surface area contributed by atoms with Crippen LogP contribution in [0.25, 0.3) is 11.0 Å². The molecule has 0 spiro atoms. The first-order valence-electron chi connectivity index (χ1n) is 7.72. The molecule has 0 atom stereocenters. The van der Waals surface area contributed by atoms with Crippen LogP contribution in [-0.4, -0.2) is 32.1 Å². The van der Waals surface area contributed by atoms with Crippen LogP contribution in [0.4, 0.5) is 0 Å². The third kappa shape index (κ3) is 2.03. The van der Waals surface area contributed by atoms with E-state index in [1.807, 2.05) is 6.92 Å². The maximum atomic E-state index is 12.9. The van der Waals surface area contributed by atoms with Crippen molar-refractivity contribution in [2.24, 2.45) is 18.4 Å². The third-order valence-corrected chi connectivity index (χ3v) is 4.72. The summed E-state index contributed by atoms with van der Waals surface area (Å²) in [5.74, 6) is 0.616. The van der Waals surface area contributed by atoms with Crippen LogP contribution in [0.1, 0.15) is 19.8 Å². The molecule has 2 aliphatic rings. The normalized spacial score (nSPS) is 20.3. The van der Waals surface area contributed by atoms with Crippen molar-refractivity contribution in [2.75, 3.05) is 13.2 Å². The van der Waals surface area contributed by atoms with Gasteiger partial charge in [0.2, 0.25) is 0 Å². The summed E-state index contributed by atoms with van der Waals surface area (Å²) in [6, 6.07) is 0. The molecule has 22 heavy (non-hydrogen) atoms. The molecule has 3 heterocycles. The zero-order valence-electron chi connectivity index (χ0n) is 12.9. The molecule has 7 heteroatoms. The molecule has 4 rings (SSSR count). The fourth-order valence-corrected chi connectivity index (χ4v) is 3.09. The fourth-order valence-electron chi connectivity index (χ4n) is 3.09. The van der Waals surface area contributed by atoms with Crippen LogP contribution >= 0.6 is 0 Å². The van der Waals surface area contributed by atoms with Gasteiger partial charge in [-0.3, -0.25) is 18.6 Å². The molecule has 7 nitrogen and oxygen atoms in total. The Morgan fingerprint density at radius 2 is 2.09 bits per heavy atom. The van der Waals surface area contributed by atoms with E-state index in [0.29, 0.717) is 36.7 Å². The zero-order valence-corrected chi connectivity index (χ0v) is 12.9. The van der Waals surface area contributed by atoms with E-state index in [1.165, 1.54) is 22.0 Å². The summed E-state index contributed by atoms with van der Waals surface area (Å²) >= 11 is 0. The van der Waals surface area contributed by atoms with E-state index in [4.69, 9.17) is 4.74 Å². The molecule has 2 aromatic heterocycles. The van der Waals surface area contributed by atoms with Crippen molar-refractivity contribution in [2.45, 2.75) is 32.9 Å². The van der Waals surface area contributed by atoms with Crippen molar-refractivity contribution in [3.05, 3.63) is 27.0 Å². The largest absolute Gasteiger partial charge is 0.380 e. The summed E-state index contributed by atoms with van der Waals surface area (Å²) in [5.41, 5.74) is 0.506. The average Bonchev–Trinajstić information content (AvgIpc) is 3.17. The lowest BCUT2D eigenvalue weighted by Gasteiger charge is -2.38. The fraction of sp³-hybridized carbons (Fsp3) is 0.667. The molecule has 1 saturated heterocycles. The van der Waals surface area contributed by atoms with Gasteiger partial charge < -0.3 is 4.74 Å². The predicted octanol–water partition coefficient (Wildman–Crippen LogP) is 0.343. The summed E-state index contributed by atoms with van der Waals surface area (Å²) in [6.45, 7) is 4.36. The Morgan fingerprint density at radius 1 is 1.36 bits per heavy atom. The quantitative estimate of drug-likeness (QED) is 0.817. The van der Waals surface area contributed by atoms with Gasteiger partial charge in [-0.05, 0) is 18.8 Å². The smallest absolute Gasteiger partial charge is 0.331 e. The number of aromatic nitrogens is 4. The van der Waals surface area contributed by atoms with Gasteiger partial charge in [0.05, 0.1) is 24.9 Å². The predicted molar refractivity (Wildman–Crippen MR) is 80.9 cm³/mol. The van der Waals surface area contributed by atoms with Crippen molar-refractivity contribution in [3.8, 4) is 0 Å². The van der Waals surface area contributed by atoms with Gasteiger partial charge in [-0.2, -0.15) is 5.10 Å². The van der Waals surface area contributed by atoms with Gasteiger partial charge in [0.15, 0.2) is 5.52 Å². The maximum Gasteiger partial charge on any atom is 0.331 e. The van der Waals surface area contributed by atoms with E-state index in [0.717, 1.165) is 6.54 Å². The van der Waals surface area contributed by atoms with E-state index in [1.54, 1.807) is 17.9 Å². The van der Waals surface area contributed by atoms with Crippen molar-refractivity contribution in [1.29, 1.82) is 0 Å². The number of nitrogens with zero attached hydrogens (tertiary/aromatic N) is 4. The Bertz CT molecular complexity index is 852. The molecule has 0 aromatic carbocycles. The lowest BCUT2D eigenvalue weighted by Crippen LogP contribution is -2.50. The van der Waals surface area contributed by atoms with E-state index in [9.17, 15) is 9.59 Å². The SMILES string of the molecule is Cn1c(=O)n(CC2(C)COC2)c(=O)c2c1cnn2CC1CC1. The van der Waals surface area contributed by atoms with Crippen LogP contribution in [0.3, 0.4) is 0 Å². The van der Waals surface area contributed by atoms with Crippen molar-refractivity contribution in [3.63, 3.8) is 0 Å². The summed E-state index contributed by atoms with van der Waals surface area (Å²) in [4.78, 5) is 25.4. The highest BCUT2D eigenvalue weighted by molar-refractivity contribution is 5.73. The third-order valence-electron chi connectivity index (χ3n) is 4.72. The standard InChI is InChI=1S/C15H20N4O3/c1-15(8-22-9-15)7-18-13(20)12-11(17(2)14(18)21)5-16-19(12)6-10-3-4-10/h5,10H,3-4,6-9H2,1-2H3. The zero-order chi connectivity index (χ0) is 15.5. The Labute approximate surface area is 127 Å². The first-order chi connectivity index (χ1) is 10.5. The van der Waals surface area contributed by atoms with Gasteiger partial charge >= 0.3 is 5.69 Å². The summed E-state index contributed by atoms with van der Waals surface area (Å²) < 4.78 is 9.87. The first-order valence-corrected chi connectivity index (χ1v) is 7.72. The topological polar surface area (TPSA) is 71.1 Å². The molecule has 2 aromatic rings. The molecule has 0 bridgehead atoms.